The predicted molar refractivity (Wildman–Crippen MR) is 100 cm³/mol. The zero-order chi connectivity index (χ0) is 19.6. The minimum Gasteiger partial charge on any atom is -0.478 e. The average molecular weight is 388 g/mol. The first kappa shape index (κ1) is 18.7. The van der Waals surface area contributed by atoms with Crippen LogP contribution in [0.5, 0.6) is 0 Å². The van der Waals surface area contributed by atoms with Crippen molar-refractivity contribution >= 4 is 29.2 Å². The van der Waals surface area contributed by atoms with Crippen LogP contribution in [0.15, 0.2) is 36.7 Å². The molecule has 0 bridgehead atoms. The first-order valence-corrected chi connectivity index (χ1v) is 8.55. The fraction of sp³-hybridized carbons (Fsp3) is 0.222. The van der Waals surface area contributed by atoms with Crippen molar-refractivity contribution in [1.29, 1.82) is 0 Å². The van der Waals surface area contributed by atoms with Gasteiger partial charge in [-0.2, -0.15) is 10.2 Å². The SMILES string of the molecule is Cc1nn(Cc2ccc(Cl)cc2)c(C)c1NC(=O)Cn1cc(C(=O)O)cn1. The third-order valence-corrected chi connectivity index (χ3v) is 4.33. The summed E-state index contributed by atoms with van der Waals surface area (Å²) in [6, 6.07) is 7.49. The van der Waals surface area contributed by atoms with E-state index in [1.807, 2.05) is 42.8 Å². The van der Waals surface area contributed by atoms with Crippen molar-refractivity contribution in [2.45, 2.75) is 26.9 Å². The predicted octanol–water partition coefficient (Wildman–Crippen LogP) is 2.74. The number of rotatable bonds is 6. The summed E-state index contributed by atoms with van der Waals surface area (Å²) in [4.78, 5) is 23.2. The summed E-state index contributed by atoms with van der Waals surface area (Å²) in [5, 5.41) is 20.8. The topological polar surface area (TPSA) is 102 Å². The lowest BCUT2D eigenvalue weighted by Gasteiger charge is -2.08. The number of carboxylic acid groups (broad SMARTS) is 1. The summed E-state index contributed by atoms with van der Waals surface area (Å²) in [6.07, 6.45) is 2.52. The number of carboxylic acids is 1. The molecule has 0 radical (unpaired) electrons. The zero-order valence-electron chi connectivity index (χ0n) is 14.8. The normalized spacial score (nSPS) is 10.8. The Labute approximate surface area is 160 Å². The van der Waals surface area contributed by atoms with E-state index in [4.69, 9.17) is 16.7 Å². The van der Waals surface area contributed by atoms with Crippen molar-refractivity contribution < 1.29 is 14.7 Å². The number of hydrogen-bond donors (Lipinski definition) is 2. The van der Waals surface area contributed by atoms with Crippen LogP contribution in [-0.2, 0) is 17.9 Å². The molecule has 0 aliphatic carbocycles. The Bertz CT molecular complexity index is 991. The maximum absolute atomic E-state index is 12.3. The second kappa shape index (κ2) is 7.63. The van der Waals surface area contributed by atoms with Gasteiger partial charge < -0.3 is 10.4 Å². The van der Waals surface area contributed by atoms with E-state index in [-0.39, 0.29) is 18.0 Å². The highest BCUT2D eigenvalue weighted by molar-refractivity contribution is 6.30. The number of hydrogen-bond acceptors (Lipinski definition) is 4. The molecule has 0 spiro atoms. The van der Waals surface area contributed by atoms with Crippen LogP contribution in [0, 0.1) is 13.8 Å². The first-order valence-electron chi connectivity index (χ1n) is 8.17. The van der Waals surface area contributed by atoms with Crippen LogP contribution in [0.2, 0.25) is 5.02 Å². The Kier molecular flexibility index (Phi) is 5.27. The van der Waals surface area contributed by atoms with Gasteiger partial charge in [-0.3, -0.25) is 14.2 Å². The zero-order valence-corrected chi connectivity index (χ0v) is 15.6. The van der Waals surface area contributed by atoms with Crippen LogP contribution in [0.4, 0.5) is 5.69 Å². The number of aromatic carboxylic acids is 1. The maximum Gasteiger partial charge on any atom is 0.338 e. The summed E-state index contributed by atoms with van der Waals surface area (Å²) in [5.41, 5.74) is 3.23. The Morgan fingerprint density at radius 3 is 2.56 bits per heavy atom. The molecular formula is C18H18ClN5O3. The van der Waals surface area contributed by atoms with E-state index in [9.17, 15) is 9.59 Å². The number of amides is 1. The summed E-state index contributed by atoms with van der Waals surface area (Å²) in [5.74, 6) is -1.40. The molecule has 9 heteroatoms. The summed E-state index contributed by atoms with van der Waals surface area (Å²) in [7, 11) is 0. The van der Waals surface area contributed by atoms with Crippen molar-refractivity contribution in [2.75, 3.05) is 5.32 Å². The van der Waals surface area contributed by atoms with E-state index in [0.29, 0.717) is 22.9 Å². The fourth-order valence-electron chi connectivity index (χ4n) is 2.68. The van der Waals surface area contributed by atoms with Crippen molar-refractivity contribution in [3.63, 3.8) is 0 Å². The minimum absolute atomic E-state index is 0.0333. The number of nitrogens with zero attached hydrogens (tertiary/aromatic N) is 4. The lowest BCUT2D eigenvalue weighted by Crippen LogP contribution is -2.20. The smallest absolute Gasteiger partial charge is 0.338 e. The molecule has 27 heavy (non-hydrogen) atoms. The number of anilines is 1. The fourth-order valence-corrected chi connectivity index (χ4v) is 2.81. The monoisotopic (exact) mass is 387 g/mol. The molecule has 1 aromatic carbocycles. The van der Waals surface area contributed by atoms with Gasteiger partial charge in [0.25, 0.3) is 0 Å². The quantitative estimate of drug-likeness (QED) is 0.677. The van der Waals surface area contributed by atoms with Crippen LogP contribution in [0.3, 0.4) is 0 Å². The Balaban J connectivity index is 1.70. The molecular weight excluding hydrogens is 370 g/mol. The van der Waals surface area contributed by atoms with Crippen molar-refractivity contribution in [3.05, 3.63) is 64.2 Å². The van der Waals surface area contributed by atoms with E-state index in [1.165, 1.54) is 17.1 Å². The van der Waals surface area contributed by atoms with Gasteiger partial charge in [-0.25, -0.2) is 4.79 Å². The third kappa shape index (κ3) is 4.35. The van der Waals surface area contributed by atoms with Crippen molar-refractivity contribution in [1.82, 2.24) is 19.6 Å². The number of benzene rings is 1. The van der Waals surface area contributed by atoms with Crippen molar-refractivity contribution in [3.8, 4) is 0 Å². The molecule has 0 saturated carbocycles. The molecule has 0 aliphatic heterocycles. The number of halogens is 1. The van der Waals surface area contributed by atoms with Crippen LogP contribution in [-0.4, -0.2) is 36.5 Å². The molecule has 2 N–H and O–H groups in total. The molecule has 0 fully saturated rings. The molecule has 0 aliphatic rings. The van der Waals surface area contributed by atoms with Gasteiger partial charge >= 0.3 is 5.97 Å². The van der Waals surface area contributed by atoms with Gasteiger partial charge in [-0.1, -0.05) is 23.7 Å². The molecule has 0 saturated heterocycles. The largest absolute Gasteiger partial charge is 0.478 e. The number of aromatic nitrogens is 4. The minimum atomic E-state index is -1.09. The van der Waals surface area contributed by atoms with Crippen LogP contribution in [0.1, 0.15) is 27.3 Å². The molecule has 8 nitrogen and oxygen atoms in total. The summed E-state index contributed by atoms with van der Waals surface area (Å²) < 4.78 is 3.09. The number of carbonyl (C=O) groups is 2. The molecule has 2 heterocycles. The molecule has 3 rings (SSSR count). The third-order valence-electron chi connectivity index (χ3n) is 4.08. The van der Waals surface area contributed by atoms with Crippen LogP contribution < -0.4 is 5.32 Å². The van der Waals surface area contributed by atoms with Gasteiger partial charge in [0, 0.05) is 11.2 Å². The van der Waals surface area contributed by atoms with E-state index in [0.717, 1.165) is 11.3 Å². The van der Waals surface area contributed by atoms with E-state index < -0.39 is 5.97 Å². The number of nitrogens with one attached hydrogen (secondary N) is 1. The second-order valence-corrected chi connectivity index (χ2v) is 6.55. The van der Waals surface area contributed by atoms with Gasteiger partial charge in [0.2, 0.25) is 5.91 Å². The number of aryl methyl sites for hydroxylation is 1. The van der Waals surface area contributed by atoms with E-state index >= 15 is 0 Å². The Morgan fingerprint density at radius 1 is 1.22 bits per heavy atom. The molecule has 0 atom stereocenters. The van der Waals surface area contributed by atoms with Crippen LogP contribution >= 0.6 is 11.6 Å². The maximum atomic E-state index is 12.3. The molecule has 3 aromatic rings. The van der Waals surface area contributed by atoms with E-state index in [2.05, 4.69) is 15.5 Å². The van der Waals surface area contributed by atoms with Gasteiger partial charge in [-0.15, -0.1) is 0 Å². The van der Waals surface area contributed by atoms with Crippen molar-refractivity contribution in [2.24, 2.45) is 0 Å². The van der Waals surface area contributed by atoms with Gasteiger partial charge in [0.05, 0.1) is 35.4 Å². The highest BCUT2D eigenvalue weighted by Gasteiger charge is 2.15. The second-order valence-electron chi connectivity index (χ2n) is 6.11. The lowest BCUT2D eigenvalue weighted by atomic mass is 10.2. The Morgan fingerprint density at radius 2 is 1.93 bits per heavy atom. The first-order chi connectivity index (χ1) is 12.8. The molecule has 0 unspecified atom stereocenters. The Hall–Kier alpha value is -3.13. The highest BCUT2D eigenvalue weighted by atomic mass is 35.5. The van der Waals surface area contributed by atoms with Gasteiger partial charge in [0.1, 0.15) is 6.54 Å². The molecule has 140 valence electrons. The highest BCUT2D eigenvalue weighted by Crippen LogP contribution is 2.21. The number of carbonyl (C=O) groups excluding carboxylic acids is 1. The average Bonchev–Trinajstić information content (AvgIpc) is 3.18. The van der Waals surface area contributed by atoms with Gasteiger partial charge in [0.15, 0.2) is 0 Å². The van der Waals surface area contributed by atoms with Crippen LogP contribution in [0.25, 0.3) is 0 Å². The molecule has 2 aromatic heterocycles. The lowest BCUT2D eigenvalue weighted by molar-refractivity contribution is -0.116. The van der Waals surface area contributed by atoms with Gasteiger partial charge in [-0.05, 0) is 31.5 Å². The summed E-state index contributed by atoms with van der Waals surface area (Å²) in [6.45, 7) is 4.16. The summed E-state index contributed by atoms with van der Waals surface area (Å²) >= 11 is 5.91. The van der Waals surface area contributed by atoms with E-state index in [1.54, 1.807) is 0 Å². The molecule has 1 amide bonds. The standard InChI is InChI=1S/C18H18ClN5O3/c1-11-17(21-16(25)10-23-9-14(7-20-23)18(26)27)12(2)24(22-11)8-13-3-5-15(19)6-4-13/h3-7,9H,8,10H2,1-2H3,(H,21,25)(H,26,27).